The summed E-state index contributed by atoms with van der Waals surface area (Å²) in [7, 11) is 0. The average Bonchev–Trinajstić information content (AvgIpc) is 3.27. The van der Waals surface area contributed by atoms with Gasteiger partial charge in [-0.3, -0.25) is 4.79 Å². The number of aromatic nitrogens is 2. The zero-order chi connectivity index (χ0) is 17.2. The molecule has 1 aliphatic rings. The van der Waals surface area contributed by atoms with E-state index < -0.39 is 0 Å². The fourth-order valence-electron chi connectivity index (χ4n) is 3.36. The van der Waals surface area contributed by atoms with E-state index in [9.17, 15) is 4.79 Å². The molecular formula is C19H19ClN4O. The molecule has 1 aromatic carbocycles. The normalized spacial score (nSPS) is 17.2. The molecule has 1 saturated heterocycles. The molecule has 4 rings (SSSR count). The first-order valence-electron chi connectivity index (χ1n) is 8.41. The summed E-state index contributed by atoms with van der Waals surface area (Å²) in [5.74, 6) is 0.396. The predicted octanol–water partition coefficient (Wildman–Crippen LogP) is 3.47. The first kappa shape index (κ1) is 16.0. The van der Waals surface area contributed by atoms with Crippen molar-refractivity contribution in [2.45, 2.75) is 6.42 Å². The van der Waals surface area contributed by atoms with Crippen LogP contribution in [0.25, 0.3) is 11.0 Å². The lowest BCUT2D eigenvalue weighted by Gasteiger charge is -2.19. The third-order valence-corrected chi connectivity index (χ3v) is 4.98. The molecule has 0 bridgehead atoms. The molecule has 0 spiro atoms. The van der Waals surface area contributed by atoms with E-state index in [-0.39, 0.29) is 5.91 Å². The highest BCUT2D eigenvalue weighted by atomic mass is 35.5. The molecular weight excluding hydrogens is 336 g/mol. The number of amides is 1. The minimum absolute atomic E-state index is 0.0517. The summed E-state index contributed by atoms with van der Waals surface area (Å²) >= 11 is 5.95. The molecule has 0 radical (unpaired) electrons. The molecule has 5 nitrogen and oxygen atoms in total. The van der Waals surface area contributed by atoms with Crippen molar-refractivity contribution in [3.63, 3.8) is 0 Å². The number of anilines is 1. The Morgan fingerprint density at radius 3 is 3.00 bits per heavy atom. The van der Waals surface area contributed by atoms with Gasteiger partial charge in [0, 0.05) is 48.1 Å². The maximum Gasteiger partial charge on any atom is 0.253 e. The molecule has 3 aromatic rings. The summed E-state index contributed by atoms with van der Waals surface area (Å²) in [6, 6.07) is 11.7. The highest BCUT2D eigenvalue weighted by molar-refractivity contribution is 6.30. The maximum absolute atomic E-state index is 12.5. The summed E-state index contributed by atoms with van der Waals surface area (Å²) in [6.07, 6.45) is 4.50. The number of halogens is 1. The highest BCUT2D eigenvalue weighted by Gasteiger charge is 2.23. The van der Waals surface area contributed by atoms with Gasteiger partial charge < -0.3 is 15.2 Å². The van der Waals surface area contributed by atoms with Crippen LogP contribution in [0.2, 0.25) is 5.02 Å². The quantitative estimate of drug-likeness (QED) is 0.754. The molecule has 1 atom stereocenters. The summed E-state index contributed by atoms with van der Waals surface area (Å²) in [6.45, 7) is 2.62. The Morgan fingerprint density at radius 1 is 1.32 bits per heavy atom. The highest BCUT2D eigenvalue weighted by Crippen LogP contribution is 2.25. The molecule has 0 saturated carbocycles. The van der Waals surface area contributed by atoms with Gasteiger partial charge in [-0.25, -0.2) is 4.98 Å². The van der Waals surface area contributed by atoms with Gasteiger partial charge in [-0.2, -0.15) is 0 Å². The third-order valence-electron chi connectivity index (χ3n) is 4.72. The van der Waals surface area contributed by atoms with Crippen LogP contribution < -0.4 is 10.2 Å². The van der Waals surface area contributed by atoms with E-state index in [1.165, 1.54) is 5.69 Å². The van der Waals surface area contributed by atoms with Crippen molar-refractivity contribution in [2.75, 3.05) is 24.5 Å². The first-order valence-corrected chi connectivity index (χ1v) is 8.79. The molecule has 6 heteroatoms. The Bertz CT molecular complexity index is 890. The molecule has 1 aliphatic heterocycles. The van der Waals surface area contributed by atoms with Gasteiger partial charge in [-0.05, 0) is 48.7 Å². The predicted molar refractivity (Wildman–Crippen MR) is 100 cm³/mol. The van der Waals surface area contributed by atoms with E-state index in [1.807, 2.05) is 36.4 Å². The number of carbonyl (C=O) groups excluding carboxylic acids is 1. The number of aromatic amines is 1. The minimum atomic E-state index is -0.0517. The van der Waals surface area contributed by atoms with Gasteiger partial charge in [0.2, 0.25) is 0 Å². The molecule has 2 aromatic heterocycles. The summed E-state index contributed by atoms with van der Waals surface area (Å²) in [5, 5.41) is 4.67. The summed E-state index contributed by atoms with van der Waals surface area (Å²) in [5.41, 5.74) is 2.57. The number of hydrogen-bond acceptors (Lipinski definition) is 3. The van der Waals surface area contributed by atoms with Crippen molar-refractivity contribution in [2.24, 2.45) is 5.92 Å². The van der Waals surface area contributed by atoms with Crippen molar-refractivity contribution in [3.05, 3.63) is 59.4 Å². The molecule has 1 unspecified atom stereocenters. The van der Waals surface area contributed by atoms with Crippen LogP contribution in [-0.4, -0.2) is 35.5 Å². The number of benzene rings is 1. The van der Waals surface area contributed by atoms with Gasteiger partial charge in [-0.15, -0.1) is 0 Å². The van der Waals surface area contributed by atoms with Crippen molar-refractivity contribution in [1.29, 1.82) is 0 Å². The van der Waals surface area contributed by atoms with E-state index in [1.54, 1.807) is 12.4 Å². The van der Waals surface area contributed by atoms with E-state index in [4.69, 9.17) is 11.6 Å². The molecule has 1 amide bonds. The van der Waals surface area contributed by atoms with Gasteiger partial charge in [0.25, 0.3) is 5.91 Å². The smallest absolute Gasteiger partial charge is 0.253 e. The Labute approximate surface area is 151 Å². The van der Waals surface area contributed by atoms with Crippen LogP contribution in [0.3, 0.4) is 0 Å². The van der Waals surface area contributed by atoms with Crippen LogP contribution in [0.1, 0.15) is 16.8 Å². The van der Waals surface area contributed by atoms with Crippen LogP contribution in [0.4, 0.5) is 5.69 Å². The number of carbonyl (C=O) groups is 1. The van der Waals surface area contributed by atoms with Gasteiger partial charge in [-0.1, -0.05) is 11.6 Å². The van der Waals surface area contributed by atoms with E-state index in [2.05, 4.69) is 20.2 Å². The maximum atomic E-state index is 12.5. The number of rotatable bonds is 4. The van der Waals surface area contributed by atoms with Crippen molar-refractivity contribution in [3.8, 4) is 0 Å². The summed E-state index contributed by atoms with van der Waals surface area (Å²) in [4.78, 5) is 22.1. The van der Waals surface area contributed by atoms with Gasteiger partial charge in [0.05, 0.1) is 5.56 Å². The fraction of sp³-hybridized carbons (Fsp3) is 0.263. The van der Waals surface area contributed by atoms with Crippen molar-refractivity contribution in [1.82, 2.24) is 15.3 Å². The van der Waals surface area contributed by atoms with E-state index in [0.717, 1.165) is 35.6 Å². The number of hydrogen-bond donors (Lipinski definition) is 2. The molecule has 25 heavy (non-hydrogen) atoms. The fourth-order valence-corrected chi connectivity index (χ4v) is 3.49. The SMILES string of the molecule is O=C(NCC1CCN(c2ccc(Cl)cc2)C1)c1c[nH]c2ncccc12. The van der Waals surface area contributed by atoms with E-state index in [0.29, 0.717) is 18.0 Å². The van der Waals surface area contributed by atoms with Crippen LogP contribution in [-0.2, 0) is 0 Å². The van der Waals surface area contributed by atoms with Crippen LogP contribution in [0.15, 0.2) is 48.8 Å². The Kier molecular flexibility index (Phi) is 4.32. The van der Waals surface area contributed by atoms with Crippen molar-refractivity contribution >= 4 is 34.2 Å². The van der Waals surface area contributed by atoms with Gasteiger partial charge in [0.15, 0.2) is 0 Å². The zero-order valence-electron chi connectivity index (χ0n) is 13.7. The van der Waals surface area contributed by atoms with Crippen molar-refractivity contribution < 1.29 is 4.79 Å². The standard InChI is InChI=1S/C19H19ClN4O/c20-14-3-5-15(6-4-14)24-9-7-13(12-24)10-23-19(25)17-11-22-18-16(17)2-1-8-21-18/h1-6,8,11,13H,7,9-10,12H2,(H,21,22)(H,23,25). The topological polar surface area (TPSA) is 61.0 Å². The summed E-state index contributed by atoms with van der Waals surface area (Å²) < 4.78 is 0. The number of H-pyrrole nitrogens is 1. The van der Waals surface area contributed by atoms with Gasteiger partial charge in [0.1, 0.15) is 5.65 Å². The van der Waals surface area contributed by atoms with Gasteiger partial charge >= 0.3 is 0 Å². The van der Waals surface area contributed by atoms with Crippen LogP contribution in [0.5, 0.6) is 0 Å². The lowest BCUT2D eigenvalue weighted by atomic mass is 10.1. The number of nitrogens with one attached hydrogen (secondary N) is 2. The Morgan fingerprint density at radius 2 is 2.16 bits per heavy atom. The van der Waals surface area contributed by atoms with E-state index >= 15 is 0 Å². The van der Waals surface area contributed by atoms with Crippen LogP contribution in [0, 0.1) is 5.92 Å². The minimum Gasteiger partial charge on any atom is -0.371 e. The third kappa shape index (κ3) is 3.33. The zero-order valence-corrected chi connectivity index (χ0v) is 14.5. The second kappa shape index (κ2) is 6.76. The number of fused-ring (bicyclic) bond motifs is 1. The molecule has 2 N–H and O–H groups in total. The second-order valence-corrected chi connectivity index (χ2v) is 6.83. The number of nitrogens with zero attached hydrogens (tertiary/aromatic N) is 2. The lowest BCUT2D eigenvalue weighted by molar-refractivity contribution is 0.0950. The molecule has 128 valence electrons. The number of pyridine rings is 1. The average molecular weight is 355 g/mol. The Balaban J connectivity index is 1.36. The molecule has 0 aliphatic carbocycles. The first-order chi connectivity index (χ1) is 12.2. The lowest BCUT2D eigenvalue weighted by Crippen LogP contribution is -2.30. The second-order valence-electron chi connectivity index (χ2n) is 6.39. The molecule has 3 heterocycles. The largest absolute Gasteiger partial charge is 0.371 e. The Hall–Kier alpha value is -2.53. The van der Waals surface area contributed by atoms with Crippen LogP contribution >= 0.6 is 11.6 Å². The molecule has 1 fully saturated rings. The monoisotopic (exact) mass is 354 g/mol.